The van der Waals surface area contributed by atoms with E-state index in [2.05, 4.69) is 4.72 Å². The van der Waals surface area contributed by atoms with Crippen LogP contribution >= 0.6 is 0 Å². The van der Waals surface area contributed by atoms with Crippen molar-refractivity contribution in [2.45, 2.75) is 32.1 Å². The van der Waals surface area contributed by atoms with Gasteiger partial charge in [-0.2, -0.15) is 0 Å². The zero-order valence-corrected chi connectivity index (χ0v) is 13.2. The van der Waals surface area contributed by atoms with Crippen LogP contribution in [0.15, 0.2) is 24.3 Å². The lowest BCUT2D eigenvalue weighted by Gasteiger charge is -2.25. The van der Waals surface area contributed by atoms with Crippen LogP contribution in [0.4, 0.5) is 5.69 Å². The van der Waals surface area contributed by atoms with Gasteiger partial charge in [-0.3, -0.25) is 9.52 Å². The Morgan fingerprint density at radius 2 is 1.71 bits per heavy atom. The number of sulfonamides is 1. The minimum Gasteiger partial charge on any atom is -0.339 e. The third-order valence-electron chi connectivity index (χ3n) is 3.56. The summed E-state index contributed by atoms with van der Waals surface area (Å²) in [5.41, 5.74) is 0.958. The van der Waals surface area contributed by atoms with Gasteiger partial charge in [-0.25, -0.2) is 8.42 Å². The number of hydrogen-bond acceptors (Lipinski definition) is 3. The van der Waals surface area contributed by atoms with Crippen molar-refractivity contribution < 1.29 is 13.2 Å². The Morgan fingerprint density at radius 3 is 2.33 bits per heavy atom. The molecule has 1 N–H and O–H groups in total. The summed E-state index contributed by atoms with van der Waals surface area (Å²) in [7, 11) is -3.33. The van der Waals surface area contributed by atoms with Crippen molar-refractivity contribution in [1.29, 1.82) is 0 Å². The van der Waals surface area contributed by atoms with Crippen molar-refractivity contribution in [3.63, 3.8) is 0 Å². The smallest absolute Gasteiger partial charge is 0.253 e. The van der Waals surface area contributed by atoms with E-state index < -0.39 is 10.0 Å². The molecule has 6 heteroatoms. The first kappa shape index (κ1) is 15.8. The van der Waals surface area contributed by atoms with Crippen LogP contribution in [0, 0.1) is 0 Å². The van der Waals surface area contributed by atoms with Crippen LogP contribution in [-0.2, 0) is 10.0 Å². The third kappa shape index (κ3) is 5.04. The maximum Gasteiger partial charge on any atom is 0.253 e. The molecule has 1 aromatic rings. The van der Waals surface area contributed by atoms with Gasteiger partial charge in [0, 0.05) is 24.3 Å². The fourth-order valence-corrected chi connectivity index (χ4v) is 3.12. The molecule has 1 fully saturated rings. The Hall–Kier alpha value is -1.56. The van der Waals surface area contributed by atoms with E-state index >= 15 is 0 Å². The third-order valence-corrected chi connectivity index (χ3v) is 4.16. The molecule has 1 aliphatic rings. The molecular weight excluding hydrogens is 288 g/mol. The Kier molecular flexibility index (Phi) is 5.22. The van der Waals surface area contributed by atoms with Crippen molar-refractivity contribution >= 4 is 21.6 Å². The molecule has 1 aliphatic heterocycles. The average molecular weight is 310 g/mol. The van der Waals surface area contributed by atoms with Crippen LogP contribution in [0.5, 0.6) is 0 Å². The number of likely N-dealkylation sites (tertiary alicyclic amines) is 1. The Bertz CT molecular complexity index is 591. The normalized spacial score (nSPS) is 16.9. The second-order valence-corrected chi connectivity index (χ2v) is 7.26. The van der Waals surface area contributed by atoms with E-state index in [1.165, 1.54) is 19.3 Å². The first-order valence-corrected chi connectivity index (χ1v) is 9.22. The number of nitrogens with zero attached hydrogens (tertiary/aromatic N) is 1. The lowest BCUT2D eigenvalue weighted by Crippen LogP contribution is -2.33. The van der Waals surface area contributed by atoms with Crippen molar-refractivity contribution in [3.8, 4) is 0 Å². The SMILES string of the molecule is CS(=O)(=O)Nc1cccc(C(=O)N2CCCCCCC2)c1. The summed E-state index contributed by atoms with van der Waals surface area (Å²) in [6, 6.07) is 6.67. The van der Waals surface area contributed by atoms with Gasteiger partial charge in [0.05, 0.1) is 6.26 Å². The van der Waals surface area contributed by atoms with Crippen molar-refractivity contribution in [2.24, 2.45) is 0 Å². The zero-order valence-electron chi connectivity index (χ0n) is 12.3. The molecule has 2 rings (SSSR count). The largest absolute Gasteiger partial charge is 0.339 e. The van der Waals surface area contributed by atoms with Crippen LogP contribution < -0.4 is 4.72 Å². The maximum absolute atomic E-state index is 12.5. The van der Waals surface area contributed by atoms with Gasteiger partial charge in [0.15, 0.2) is 0 Å². The van der Waals surface area contributed by atoms with Crippen molar-refractivity contribution in [1.82, 2.24) is 4.90 Å². The van der Waals surface area contributed by atoms with Gasteiger partial charge in [0.1, 0.15) is 0 Å². The molecule has 0 saturated carbocycles. The molecule has 5 nitrogen and oxygen atoms in total. The lowest BCUT2D eigenvalue weighted by molar-refractivity contribution is 0.0742. The first-order valence-electron chi connectivity index (χ1n) is 7.33. The van der Waals surface area contributed by atoms with Gasteiger partial charge in [-0.1, -0.05) is 25.3 Å². The highest BCUT2D eigenvalue weighted by Gasteiger charge is 2.17. The molecular formula is C15H22N2O3S. The predicted molar refractivity (Wildman–Crippen MR) is 83.9 cm³/mol. The van der Waals surface area contributed by atoms with Crippen molar-refractivity contribution in [3.05, 3.63) is 29.8 Å². The minimum absolute atomic E-state index is 0.0194. The Morgan fingerprint density at radius 1 is 1.10 bits per heavy atom. The molecule has 1 amide bonds. The fraction of sp³-hybridized carbons (Fsp3) is 0.533. The van der Waals surface area contributed by atoms with Crippen molar-refractivity contribution in [2.75, 3.05) is 24.1 Å². The number of carbonyl (C=O) groups excluding carboxylic acids is 1. The van der Waals surface area contributed by atoms with Gasteiger partial charge in [0.2, 0.25) is 10.0 Å². The Balaban J connectivity index is 2.12. The van der Waals surface area contributed by atoms with E-state index in [1.807, 2.05) is 4.90 Å². The highest BCUT2D eigenvalue weighted by atomic mass is 32.2. The molecule has 0 bridgehead atoms. The van der Waals surface area contributed by atoms with E-state index in [-0.39, 0.29) is 5.91 Å². The summed E-state index contributed by atoms with van der Waals surface area (Å²) in [5.74, 6) is -0.0194. The number of rotatable bonds is 3. The molecule has 0 unspecified atom stereocenters. The van der Waals surface area contributed by atoms with E-state index in [0.29, 0.717) is 11.3 Å². The highest BCUT2D eigenvalue weighted by Crippen LogP contribution is 2.17. The molecule has 0 aromatic heterocycles. The molecule has 1 aromatic carbocycles. The van der Waals surface area contributed by atoms with E-state index in [9.17, 15) is 13.2 Å². The van der Waals surface area contributed by atoms with E-state index in [0.717, 1.165) is 32.2 Å². The molecule has 0 atom stereocenters. The first-order chi connectivity index (χ1) is 9.96. The topological polar surface area (TPSA) is 66.5 Å². The van der Waals surface area contributed by atoms with E-state index in [1.54, 1.807) is 24.3 Å². The summed E-state index contributed by atoms with van der Waals surface area (Å²) in [4.78, 5) is 14.4. The zero-order chi connectivity index (χ0) is 15.3. The number of amides is 1. The van der Waals surface area contributed by atoms with Gasteiger partial charge < -0.3 is 4.90 Å². The number of carbonyl (C=O) groups is 1. The monoisotopic (exact) mass is 310 g/mol. The average Bonchev–Trinajstić information content (AvgIpc) is 2.36. The second-order valence-electron chi connectivity index (χ2n) is 5.51. The molecule has 1 saturated heterocycles. The quantitative estimate of drug-likeness (QED) is 0.932. The van der Waals surface area contributed by atoms with Crippen LogP contribution in [0.1, 0.15) is 42.5 Å². The van der Waals surface area contributed by atoms with Crippen LogP contribution in [0.25, 0.3) is 0 Å². The van der Waals surface area contributed by atoms with Crippen LogP contribution in [-0.4, -0.2) is 38.6 Å². The molecule has 0 aliphatic carbocycles. The van der Waals surface area contributed by atoms with Gasteiger partial charge in [-0.05, 0) is 31.0 Å². The van der Waals surface area contributed by atoms with Gasteiger partial charge in [-0.15, -0.1) is 0 Å². The van der Waals surface area contributed by atoms with Gasteiger partial charge in [0.25, 0.3) is 5.91 Å². The molecule has 1 heterocycles. The molecule has 116 valence electrons. The summed E-state index contributed by atoms with van der Waals surface area (Å²) in [6.07, 6.45) is 6.74. The van der Waals surface area contributed by atoms with Crippen LogP contribution in [0.3, 0.4) is 0 Å². The summed E-state index contributed by atoms with van der Waals surface area (Å²) in [5, 5.41) is 0. The highest BCUT2D eigenvalue weighted by molar-refractivity contribution is 7.92. The molecule has 0 radical (unpaired) electrons. The molecule has 21 heavy (non-hydrogen) atoms. The number of nitrogens with one attached hydrogen (secondary N) is 1. The minimum atomic E-state index is -3.33. The van der Waals surface area contributed by atoms with Gasteiger partial charge >= 0.3 is 0 Å². The Labute approximate surface area is 126 Å². The lowest BCUT2D eigenvalue weighted by atomic mass is 10.1. The molecule has 0 spiro atoms. The summed E-state index contributed by atoms with van der Waals surface area (Å²) in [6.45, 7) is 1.56. The summed E-state index contributed by atoms with van der Waals surface area (Å²) >= 11 is 0. The second kappa shape index (κ2) is 6.93. The number of hydrogen-bond donors (Lipinski definition) is 1. The summed E-state index contributed by atoms with van der Waals surface area (Å²) < 4.78 is 24.9. The van der Waals surface area contributed by atoms with Crippen LogP contribution in [0.2, 0.25) is 0 Å². The van der Waals surface area contributed by atoms with E-state index in [4.69, 9.17) is 0 Å². The predicted octanol–water partition coefficient (Wildman–Crippen LogP) is 2.46. The maximum atomic E-state index is 12.5. The fourth-order valence-electron chi connectivity index (χ4n) is 2.56. The standard InChI is InChI=1S/C15H22N2O3S/c1-21(19,20)16-14-9-7-8-13(12-14)15(18)17-10-5-3-2-4-6-11-17/h7-9,12,16H,2-6,10-11H2,1H3. The number of benzene rings is 1. The number of anilines is 1.